The Labute approximate surface area is 129 Å². The number of nitrogens with one attached hydrogen (secondary N) is 1. The minimum Gasteiger partial charge on any atom is -0.493 e. The van der Waals surface area contributed by atoms with Crippen LogP contribution < -0.4 is 10.1 Å². The molecule has 1 aliphatic rings. The van der Waals surface area contributed by atoms with Gasteiger partial charge in [-0.15, -0.1) is 0 Å². The predicted molar refractivity (Wildman–Crippen MR) is 86.2 cm³/mol. The van der Waals surface area contributed by atoms with Crippen LogP contribution in [0.3, 0.4) is 0 Å². The lowest BCUT2D eigenvalue weighted by molar-refractivity contribution is -0.115. The number of hydrogen-bond donors (Lipinski definition) is 1. The summed E-state index contributed by atoms with van der Waals surface area (Å²) in [5.41, 5.74) is 0.866. The second-order valence-electron chi connectivity index (χ2n) is 3.88. The van der Waals surface area contributed by atoms with Crippen molar-refractivity contribution in [1.29, 1.82) is 0 Å². The molecule has 0 aliphatic carbocycles. The minimum absolute atomic E-state index is 0.156. The summed E-state index contributed by atoms with van der Waals surface area (Å²) in [6.07, 6.45) is 2.74. The van der Waals surface area contributed by atoms with Crippen molar-refractivity contribution < 1.29 is 9.53 Å². The van der Waals surface area contributed by atoms with Crippen LogP contribution in [-0.4, -0.2) is 16.8 Å². The van der Waals surface area contributed by atoms with Crippen LogP contribution in [0, 0.1) is 0 Å². The standard InChI is InChI=1S/C13H12BrNO2S2/c1-2-5-17-10-4-3-9(14)6-8(10)7-11-12(16)15-13(18)19-11/h3-4,6-7H,2,5H2,1H3,(H,15,16,18). The van der Waals surface area contributed by atoms with Crippen LogP contribution in [-0.2, 0) is 4.79 Å². The van der Waals surface area contributed by atoms with E-state index >= 15 is 0 Å². The van der Waals surface area contributed by atoms with Crippen molar-refractivity contribution in [2.75, 3.05) is 6.61 Å². The molecule has 100 valence electrons. The Bertz CT molecular complexity index is 558. The fraction of sp³-hybridized carbons (Fsp3) is 0.231. The Kier molecular flexibility index (Phi) is 5.01. The number of halogens is 1. The van der Waals surface area contributed by atoms with Crippen molar-refractivity contribution in [3.05, 3.63) is 33.1 Å². The minimum atomic E-state index is -0.156. The van der Waals surface area contributed by atoms with Crippen molar-refractivity contribution in [3.8, 4) is 5.75 Å². The Morgan fingerprint density at radius 3 is 2.95 bits per heavy atom. The second kappa shape index (κ2) is 6.54. The van der Waals surface area contributed by atoms with Crippen LogP contribution in [0.4, 0.5) is 0 Å². The second-order valence-corrected chi connectivity index (χ2v) is 6.52. The molecule has 1 fully saturated rings. The van der Waals surface area contributed by atoms with E-state index in [2.05, 4.69) is 28.2 Å². The van der Waals surface area contributed by atoms with Gasteiger partial charge in [-0.3, -0.25) is 4.79 Å². The molecule has 0 bridgehead atoms. The van der Waals surface area contributed by atoms with Crippen molar-refractivity contribution >= 4 is 56.2 Å². The van der Waals surface area contributed by atoms with Gasteiger partial charge in [0.05, 0.1) is 11.5 Å². The van der Waals surface area contributed by atoms with Crippen molar-refractivity contribution in [3.63, 3.8) is 0 Å². The predicted octanol–water partition coefficient (Wildman–Crippen LogP) is 3.73. The summed E-state index contributed by atoms with van der Waals surface area (Å²) in [6.45, 7) is 2.70. The average Bonchev–Trinajstić information content (AvgIpc) is 2.67. The Morgan fingerprint density at radius 2 is 2.32 bits per heavy atom. The molecule has 0 saturated carbocycles. The van der Waals surface area contributed by atoms with E-state index in [4.69, 9.17) is 17.0 Å². The molecule has 1 N–H and O–H groups in total. The van der Waals surface area contributed by atoms with E-state index in [1.54, 1.807) is 6.08 Å². The van der Waals surface area contributed by atoms with Crippen molar-refractivity contribution in [1.82, 2.24) is 5.32 Å². The van der Waals surface area contributed by atoms with Crippen LogP contribution in [0.25, 0.3) is 6.08 Å². The topological polar surface area (TPSA) is 38.3 Å². The Morgan fingerprint density at radius 1 is 1.53 bits per heavy atom. The lowest BCUT2D eigenvalue weighted by Gasteiger charge is -2.09. The molecular formula is C13H12BrNO2S2. The largest absolute Gasteiger partial charge is 0.493 e. The third-order valence-corrected chi connectivity index (χ3v) is 4.02. The van der Waals surface area contributed by atoms with Gasteiger partial charge in [0, 0.05) is 10.0 Å². The van der Waals surface area contributed by atoms with Crippen LogP contribution in [0.2, 0.25) is 0 Å². The number of thiocarbonyl (C=S) groups is 1. The summed E-state index contributed by atoms with van der Waals surface area (Å²) in [5, 5.41) is 2.60. The number of ether oxygens (including phenoxy) is 1. The number of rotatable bonds is 4. The lowest BCUT2D eigenvalue weighted by Crippen LogP contribution is -2.17. The van der Waals surface area contributed by atoms with E-state index in [9.17, 15) is 4.79 Å². The molecule has 6 heteroatoms. The first-order valence-corrected chi connectivity index (χ1v) is 7.79. The van der Waals surface area contributed by atoms with Gasteiger partial charge >= 0.3 is 0 Å². The molecule has 0 atom stereocenters. The maximum absolute atomic E-state index is 11.7. The van der Waals surface area contributed by atoms with Gasteiger partial charge in [0.2, 0.25) is 0 Å². The molecule has 0 aromatic heterocycles. The highest BCUT2D eigenvalue weighted by Gasteiger charge is 2.22. The zero-order chi connectivity index (χ0) is 13.8. The highest BCUT2D eigenvalue weighted by atomic mass is 79.9. The quantitative estimate of drug-likeness (QED) is 0.658. The van der Waals surface area contributed by atoms with Gasteiger partial charge in [-0.25, -0.2) is 0 Å². The fourth-order valence-electron chi connectivity index (χ4n) is 1.54. The van der Waals surface area contributed by atoms with Crippen LogP contribution >= 0.6 is 39.9 Å². The first-order valence-electron chi connectivity index (χ1n) is 5.77. The summed E-state index contributed by atoms with van der Waals surface area (Å²) in [7, 11) is 0. The van der Waals surface area contributed by atoms with E-state index in [-0.39, 0.29) is 5.91 Å². The zero-order valence-corrected chi connectivity index (χ0v) is 13.5. The molecule has 1 saturated heterocycles. The highest BCUT2D eigenvalue weighted by molar-refractivity contribution is 9.10. The molecule has 1 heterocycles. The van der Waals surface area contributed by atoms with E-state index in [1.165, 1.54) is 11.8 Å². The fourth-order valence-corrected chi connectivity index (χ4v) is 2.95. The first-order chi connectivity index (χ1) is 9.10. The number of thioether (sulfide) groups is 1. The molecule has 0 radical (unpaired) electrons. The third-order valence-electron chi connectivity index (χ3n) is 2.36. The van der Waals surface area contributed by atoms with E-state index in [1.807, 2.05) is 18.2 Å². The van der Waals surface area contributed by atoms with Gasteiger partial charge in [0.15, 0.2) is 0 Å². The monoisotopic (exact) mass is 357 g/mol. The number of benzene rings is 1. The van der Waals surface area contributed by atoms with Crippen molar-refractivity contribution in [2.45, 2.75) is 13.3 Å². The third kappa shape index (κ3) is 3.81. The van der Waals surface area contributed by atoms with Gasteiger partial charge in [-0.2, -0.15) is 0 Å². The first kappa shape index (κ1) is 14.6. The number of amides is 1. The molecular weight excluding hydrogens is 346 g/mol. The smallest absolute Gasteiger partial charge is 0.263 e. The maximum atomic E-state index is 11.7. The summed E-state index contributed by atoms with van der Waals surface area (Å²) in [4.78, 5) is 12.2. The van der Waals surface area contributed by atoms with Gasteiger partial charge in [-0.05, 0) is 30.7 Å². The molecule has 2 rings (SSSR count). The molecule has 19 heavy (non-hydrogen) atoms. The van der Waals surface area contributed by atoms with Crippen LogP contribution in [0.15, 0.2) is 27.6 Å². The van der Waals surface area contributed by atoms with Gasteiger partial charge in [0.25, 0.3) is 5.91 Å². The molecule has 0 spiro atoms. The maximum Gasteiger partial charge on any atom is 0.263 e. The van der Waals surface area contributed by atoms with Crippen molar-refractivity contribution in [2.24, 2.45) is 0 Å². The van der Waals surface area contributed by atoms with Crippen LogP contribution in [0.1, 0.15) is 18.9 Å². The average molecular weight is 358 g/mol. The Hall–Kier alpha value is -0.850. The normalized spacial score (nSPS) is 16.8. The number of carbonyl (C=O) groups is 1. The SMILES string of the molecule is CCCOc1ccc(Br)cc1C=C1SC(=S)NC1=O. The highest BCUT2D eigenvalue weighted by Crippen LogP contribution is 2.31. The van der Waals surface area contributed by atoms with E-state index in [0.29, 0.717) is 15.8 Å². The summed E-state index contributed by atoms with van der Waals surface area (Å²) >= 11 is 9.66. The van der Waals surface area contributed by atoms with Gasteiger partial charge < -0.3 is 10.1 Å². The molecule has 1 aromatic carbocycles. The molecule has 3 nitrogen and oxygen atoms in total. The number of carbonyl (C=O) groups excluding carboxylic acids is 1. The Balaban J connectivity index is 2.32. The van der Waals surface area contributed by atoms with E-state index < -0.39 is 0 Å². The van der Waals surface area contributed by atoms with Gasteiger partial charge in [0.1, 0.15) is 10.1 Å². The lowest BCUT2D eigenvalue weighted by atomic mass is 10.2. The summed E-state index contributed by atoms with van der Waals surface area (Å²) in [5.74, 6) is 0.611. The summed E-state index contributed by atoms with van der Waals surface area (Å²) in [6, 6.07) is 5.73. The van der Waals surface area contributed by atoms with E-state index in [0.717, 1.165) is 22.2 Å². The van der Waals surface area contributed by atoms with Gasteiger partial charge in [-0.1, -0.05) is 46.8 Å². The molecule has 0 unspecified atom stereocenters. The molecule has 1 aliphatic heterocycles. The van der Waals surface area contributed by atoms with Crippen LogP contribution in [0.5, 0.6) is 5.75 Å². The molecule has 1 amide bonds. The summed E-state index contributed by atoms with van der Waals surface area (Å²) < 4.78 is 7.10. The zero-order valence-electron chi connectivity index (χ0n) is 10.2. The molecule has 1 aromatic rings. The number of hydrogen-bond acceptors (Lipinski definition) is 4.